The number of nitrogens with one attached hydrogen (secondary N) is 1. The minimum absolute atomic E-state index is 0.0165. The van der Waals surface area contributed by atoms with Gasteiger partial charge in [-0.05, 0) is 25.8 Å². The molecule has 0 aliphatic rings. The van der Waals surface area contributed by atoms with Crippen LogP contribution >= 0.6 is 0 Å². The van der Waals surface area contributed by atoms with Crippen LogP contribution in [0.15, 0.2) is 28.8 Å². The van der Waals surface area contributed by atoms with Gasteiger partial charge in [-0.25, -0.2) is 0 Å². The first-order valence-corrected chi connectivity index (χ1v) is 7.93. The fraction of sp³-hybridized carbons (Fsp3) is 0.471. The number of amides is 1. The average Bonchev–Trinajstić information content (AvgIpc) is 3.02. The van der Waals surface area contributed by atoms with E-state index in [9.17, 15) is 4.79 Å². The fourth-order valence-corrected chi connectivity index (χ4v) is 2.14. The molecule has 6 nitrogen and oxygen atoms in total. The van der Waals surface area contributed by atoms with Gasteiger partial charge in [0.2, 0.25) is 17.6 Å². The molecule has 0 aliphatic heterocycles. The van der Waals surface area contributed by atoms with E-state index in [1.54, 1.807) is 0 Å². The van der Waals surface area contributed by atoms with Crippen molar-refractivity contribution < 1.29 is 14.1 Å². The summed E-state index contributed by atoms with van der Waals surface area (Å²) in [5, 5.41) is 6.84. The molecule has 23 heavy (non-hydrogen) atoms. The molecule has 2 aromatic rings. The Morgan fingerprint density at radius 3 is 2.96 bits per heavy atom. The third kappa shape index (κ3) is 5.49. The summed E-state index contributed by atoms with van der Waals surface area (Å²) < 4.78 is 10.4. The summed E-state index contributed by atoms with van der Waals surface area (Å²) in [7, 11) is 0. The monoisotopic (exact) mass is 317 g/mol. The number of carbonyl (C=O) groups is 1. The zero-order chi connectivity index (χ0) is 16.5. The molecule has 0 radical (unpaired) electrons. The minimum Gasteiger partial charge on any atom is -0.382 e. The van der Waals surface area contributed by atoms with Gasteiger partial charge in [-0.1, -0.05) is 29.4 Å². The van der Waals surface area contributed by atoms with Crippen molar-refractivity contribution in [3.05, 3.63) is 35.7 Å². The molecule has 0 saturated carbocycles. The number of aromatic nitrogens is 2. The molecule has 1 heterocycles. The lowest BCUT2D eigenvalue weighted by Gasteiger charge is -2.04. The number of nitrogens with zero attached hydrogens (tertiary/aromatic N) is 2. The molecule has 0 spiro atoms. The molecule has 0 aliphatic carbocycles. The molecule has 0 atom stereocenters. The number of ether oxygens (including phenoxy) is 1. The van der Waals surface area contributed by atoms with E-state index in [1.165, 1.54) is 0 Å². The molecule has 6 heteroatoms. The molecule has 1 aromatic heterocycles. The van der Waals surface area contributed by atoms with Crippen molar-refractivity contribution >= 4 is 5.91 Å². The zero-order valence-corrected chi connectivity index (χ0v) is 13.7. The highest BCUT2D eigenvalue weighted by molar-refractivity contribution is 5.76. The highest BCUT2D eigenvalue weighted by Crippen LogP contribution is 2.19. The second-order valence-corrected chi connectivity index (χ2v) is 5.23. The molecular weight excluding hydrogens is 294 g/mol. The van der Waals surface area contributed by atoms with E-state index in [0.717, 1.165) is 17.5 Å². The lowest BCUT2D eigenvalue weighted by atomic mass is 10.1. The van der Waals surface area contributed by atoms with Gasteiger partial charge in [0.05, 0.1) is 0 Å². The zero-order valence-electron chi connectivity index (χ0n) is 13.7. The smallest absolute Gasteiger partial charge is 0.227 e. The summed E-state index contributed by atoms with van der Waals surface area (Å²) in [5.41, 5.74) is 2.04. The van der Waals surface area contributed by atoms with Crippen molar-refractivity contribution in [1.82, 2.24) is 15.5 Å². The summed E-state index contributed by atoms with van der Waals surface area (Å²) in [6.07, 6.45) is 1.60. The predicted molar refractivity (Wildman–Crippen MR) is 86.9 cm³/mol. The summed E-state index contributed by atoms with van der Waals surface area (Å²) in [5.74, 6) is 1.03. The fourth-order valence-electron chi connectivity index (χ4n) is 2.14. The van der Waals surface area contributed by atoms with Gasteiger partial charge in [-0.2, -0.15) is 4.98 Å². The second-order valence-electron chi connectivity index (χ2n) is 5.23. The summed E-state index contributed by atoms with van der Waals surface area (Å²) >= 11 is 0. The van der Waals surface area contributed by atoms with Gasteiger partial charge in [0, 0.05) is 38.2 Å². The number of rotatable bonds is 9. The van der Waals surface area contributed by atoms with Gasteiger partial charge in [0.15, 0.2) is 0 Å². The summed E-state index contributed by atoms with van der Waals surface area (Å²) in [6.45, 7) is 5.95. The first-order valence-electron chi connectivity index (χ1n) is 7.93. The Balaban J connectivity index is 1.77. The van der Waals surface area contributed by atoms with Crippen molar-refractivity contribution in [3.63, 3.8) is 0 Å². The van der Waals surface area contributed by atoms with E-state index < -0.39 is 0 Å². The molecule has 1 N–H and O–H groups in total. The highest BCUT2D eigenvalue weighted by atomic mass is 16.5. The minimum atomic E-state index is -0.0165. The SMILES string of the molecule is CCOCCCNC(=O)CCc1nc(-c2ccccc2C)no1. The lowest BCUT2D eigenvalue weighted by molar-refractivity contribution is -0.121. The van der Waals surface area contributed by atoms with Crippen LogP contribution in [0, 0.1) is 6.92 Å². The van der Waals surface area contributed by atoms with Crippen LogP contribution in [-0.2, 0) is 16.0 Å². The third-order valence-electron chi connectivity index (χ3n) is 3.41. The number of benzene rings is 1. The molecule has 2 rings (SSSR count). The van der Waals surface area contributed by atoms with Crippen molar-refractivity contribution in [2.45, 2.75) is 33.1 Å². The van der Waals surface area contributed by atoms with Crippen molar-refractivity contribution in [1.29, 1.82) is 0 Å². The van der Waals surface area contributed by atoms with Crippen LogP contribution in [0.5, 0.6) is 0 Å². The van der Waals surface area contributed by atoms with Gasteiger partial charge >= 0.3 is 0 Å². The quantitative estimate of drug-likeness (QED) is 0.719. The predicted octanol–water partition coefficient (Wildman–Crippen LogP) is 2.52. The third-order valence-corrected chi connectivity index (χ3v) is 3.41. The maximum absolute atomic E-state index is 11.7. The Bertz CT molecular complexity index is 625. The Hall–Kier alpha value is -2.21. The van der Waals surface area contributed by atoms with Crippen LogP contribution < -0.4 is 5.32 Å². The molecule has 1 amide bonds. The Labute approximate surface area is 136 Å². The van der Waals surface area contributed by atoms with Gasteiger partial charge in [0.25, 0.3) is 0 Å². The second kappa shape index (κ2) is 9.05. The van der Waals surface area contributed by atoms with Crippen LogP contribution in [0.2, 0.25) is 0 Å². The average molecular weight is 317 g/mol. The molecular formula is C17H23N3O3. The summed E-state index contributed by atoms with van der Waals surface area (Å²) in [6, 6.07) is 7.86. The van der Waals surface area contributed by atoms with E-state index in [-0.39, 0.29) is 5.91 Å². The van der Waals surface area contributed by atoms with Crippen LogP contribution in [-0.4, -0.2) is 35.8 Å². The summed E-state index contributed by atoms with van der Waals surface area (Å²) in [4.78, 5) is 16.1. The van der Waals surface area contributed by atoms with E-state index >= 15 is 0 Å². The Morgan fingerprint density at radius 2 is 2.17 bits per heavy atom. The maximum atomic E-state index is 11.7. The van der Waals surface area contributed by atoms with Gasteiger partial charge in [-0.3, -0.25) is 4.79 Å². The number of hydrogen-bond acceptors (Lipinski definition) is 5. The van der Waals surface area contributed by atoms with Crippen molar-refractivity contribution in [3.8, 4) is 11.4 Å². The van der Waals surface area contributed by atoms with E-state index in [2.05, 4.69) is 15.5 Å². The van der Waals surface area contributed by atoms with Crippen LogP contribution in [0.3, 0.4) is 0 Å². The Morgan fingerprint density at radius 1 is 1.35 bits per heavy atom. The number of carbonyl (C=O) groups excluding carboxylic acids is 1. The molecule has 0 saturated heterocycles. The largest absolute Gasteiger partial charge is 0.382 e. The maximum Gasteiger partial charge on any atom is 0.227 e. The standard InChI is InChI=1S/C17H23N3O3/c1-3-22-12-6-11-18-15(21)9-10-16-19-17(20-23-16)14-8-5-4-7-13(14)2/h4-5,7-8H,3,6,9-12H2,1-2H3,(H,18,21). The van der Waals surface area contributed by atoms with E-state index in [4.69, 9.17) is 9.26 Å². The van der Waals surface area contributed by atoms with Gasteiger partial charge in [-0.15, -0.1) is 0 Å². The van der Waals surface area contributed by atoms with Crippen molar-refractivity contribution in [2.24, 2.45) is 0 Å². The highest BCUT2D eigenvalue weighted by Gasteiger charge is 2.11. The van der Waals surface area contributed by atoms with E-state index in [1.807, 2.05) is 38.1 Å². The Kier molecular flexibility index (Phi) is 6.75. The molecule has 124 valence electrons. The van der Waals surface area contributed by atoms with E-state index in [0.29, 0.717) is 44.3 Å². The lowest BCUT2D eigenvalue weighted by Crippen LogP contribution is -2.25. The van der Waals surface area contributed by atoms with Crippen LogP contribution in [0.4, 0.5) is 0 Å². The molecule has 0 unspecified atom stereocenters. The van der Waals surface area contributed by atoms with Crippen LogP contribution in [0.1, 0.15) is 31.2 Å². The number of hydrogen-bond donors (Lipinski definition) is 1. The molecule has 0 bridgehead atoms. The van der Waals surface area contributed by atoms with Gasteiger partial charge in [0.1, 0.15) is 0 Å². The topological polar surface area (TPSA) is 77.2 Å². The first-order chi connectivity index (χ1) is 11.2. The normalized spacial score (nSPS) is 10.7. The van der Waals surface area contributed by atoms with Crippen molar-refractivity contribution in [2.75, 3.05) is 19.8 Å². The van der Waals surface area contributed by atoms with Crippen LogP contribution in [0.25, 0.3) is 11.4 Å². The number of aryl methyl sites for hydroxylation is 2. The molecule has 0 fully saturated rings. The molecule has 1 aromatic carbocycles. The van der Waals surface area contributed by atoms with Gasteiger partial charge < -0.3 is 14.6 Å². The first kappa shape index (κ1) is 17.1.